The normalized spacial score (nSPS) is 23.1. The highest BCUT2D eigenvalue weighted by molar-refractivity contribution is 7.91. The Kier molecular flexibility index (Phi) is 3.40. The van der Waals surface area contributed by atoms with Gasteiger partial charge in [0, 0.05) is 18.3 Å². The van der Waals surface area contributed by atoms with Gasteiger partial charge in [0.1, 0.15) is 0 Å². The molecule has 1 atom stereocenters. The molecule has 1 aliphatic rings. The van der Waals surface area contributed by atoms with Crippen LogP contribution in [0.15, 0.2) is 24.3 Å². The number of hydrogen-bond donors (Lipinski definition) is 1. The fraction of sp³-hybridized carbons (Fsp3) is 0.500. The number of hydrogen-bond acceptors (Lipinski definition) is 4. The number of anilines is 1. The predicted octanol–water partition coefficient (Wildman–Crippen LogP) is 0.888. The first kappa shape index (κ1) is 12.4. The van der Waals surface area contributed by atoms with E-state index in [2.05, 4.69) is 4.90 Å². The van der Waals surface area contributed by atoms with E-state index in [1.807, 2.05) is 31.3 Å². The molecule has 2 rings (SSSR count). The summed E-state index contributed by atoms with van der Waals surface area (Å²) in [6.07, 6.45) is 0.728. The van der Waals surface area contributed by atoms with Gasteiger partial charge >= 0.3 is 0 Å². The smallest absolute Gasteiger partial charge is 0.151 e. The van der Waals surface area contributed by atoms with Gasteiger partial charge in [-0.15, -0.1) is 0 Å². The van der Waals surface area contributed by atoms with Crippen LogP contribution >= 0.6 is 0 Å². The lowest BCUT2D eigenvalue weighted by Crippen LogP contribution is -2.32. The number of nitrogens with zero attached hydrogens (tertiary/aromatic N) is 1. The maximum atomic E-state index is 11.4. The van der Waals surface area contributed by atoms with E-state index in [9.17, 15) is 8.42 Å². The van der Waals surface area contributed by atoms with Crippen LogP contribution in [0.2, 0.25) is 0 Å². The third-order valence-electron chi connectivity index (χ3n) is 3.31. The Hall–Kier alpha value is -1.07. The van der Waals surface area contributed by atoms with E-state index in [1.54, 1.807) is 0 Å². The number of rotatable bonds is 3. The molecule has 1 fully saturated rings. The Morgan fingerprint density at radius 3 is 2.71 bits per heavy atom. The average molecular weight is 254 g/mol. The van der Waals surface area contributed by atoms with Crippen LogP contribution in [0.5, 0.6) is 0 Å². The zero-order valence-electron chi connectivity index (χ0n) is 9.96. The molecule has 0 bridgehead atoms. The highest BCUT2D eigenvalue weighted by Crippen LogP contribution is 2.20. The molecule has 1 aromatic carbocycles. The molecule has 94 valence electrons. The van der Waals surface area contributed by atoms with E-state index in [1.165, 1.54) is 0 Å². The minimum absolute atomic E-state index is 0.125. The first-order valence-corrected chi connectivity index (χ1v) is 7.54. The van der Waals surface area contributed by atoms with Crippen molar-refractivity contribution in [3.8, 4) is 0 Å². The summed E-state index contributed by atoms with van der Waals surface area (Å²) in [6.45, 7) is 0.701. The molecule has 1 saturated heterocycles. The van der Waals surface area contributed by atoms with Crippen molar-refractivity contribution in [1.82, 2.24) is 4.90 Å². The van der Waals surface area contributed by atoms with Crippen LogP contribution in [0.25, 0.3) is 0 Å². The lowest BCUT2D eigenvalue weighted by atomic mass is 10.1. The molecule has 2 N–H and O–H groups in total. The zero-order valence-corrected chi connectivity index (χ0v) is 10.8. The monoisotopic (exact) mass is 254 g/mol. The van der Waals surface area contributed by atoms with E-state index in [4.69, 9.17) is 5.73 Å². The van der Waals surface area contributed by atoms with Gasteiger partial charge in [-0.3, -0.25) is 4.90 Å². The number of sulfone groups is 1. The van der Waals surface area contributed by atoms with E-state index in [0.717, 1.165) is 17.7 Å². The fourth-order valence-electron chi connectivity index (χ4n) is 2.20. The topological polar surface area (TPSA) is 63.4 Å². The minimum Gasteiger partial charge on any atom is -0.398 e. The second-order valence-corrected chi connectivity index (χ2v) is 6.90. The van der Waals surface area contributed by atoms with Crippen molar-refractivity contribution in [3.63, 3.8) is 0 Å². The van der Waals surface area contributed by atoms with Gasteiger partial charge in [0.15, 0.2) is 9.84 Å². The third kappa shape index (κ3) is 2.98. The van der Waals surface area contributed by atoms with Crippen LogP contribution < -0.4 is 5.73 Å². The quantitative estimate of drug-likeness (QED) is 0.814. The number of nitrogen functional groups attached to an aromatic ring is 1. The van der Waals surface area contributed by atoms with Gasteiger partial charge in [-0.2, -0.15) is 0 Å². The molecule has 1 aromatic rings. The Balaban J connectivity index is 2.03. The van der Waals surface area contributed by atoms with Crippen molar-refractivity contribution < 1.29 is 8.42 Å². The highest BCUT2D eigenvalue weighted by Gasteiger charge is 2.30. The Bertz CT molecular complexity index is 499. The lowest BCUT2D eigenvalue weighted by Gasteiger charge is -2.23. The summed E-state index contributed by atoms with van der Waals surface area (Å²) >= 11 is 0. The minimum atomic E-state index is -2.82. The first-order valence-electron chi connectivity index (χ1n) is 5.72. The highest BCUT2D eigenvalue weighted by atomic mass is 32.2. The Labute approximate surface area is 102 Å². The Morgan fingerprint density at radius 2 is 2.12 bits per heavy atom. The molecule has 0 saturated carbocycles. The summed E-state index contributed by atoms with van der Waals surface area (Å²) in [7, 11) is -0.860. The van der Waals surface area contributed by atoms with Gasteiger partial charge in [0.25, 0.3) is 0 Å². The molecule has 17 heavy (non-hydrogen) atoms. The van der Waals surface area contributed by atoms with Gasteiger partial charge in [0.2, 0.25) is 0 Å². The van der Waals surface area contributed by atoms with Gasteiger partial charge in [0.05, 0.1) is 11.5 Å². The molecule has 0 aliphatic carbocycles. The lowest BCUT2D eigenvalue weighted by molar-refractivity contribution is 0.254. The van der Waals surface area contributed by atoms with Crippen molar-refractivity contribution >= 4 is 15.5 Å². The Morgan fingerprint density at radius 1 is 1.41 bits per heavy atom. The molecular weight excluding hydrogens is 236 g/mol. The van der Waals surface area contributed by atoms with Gasteiger partial charge < -0.3 is 5.73 Å². The van der Waals surface area contributed by atoms with E-state index in [-0.39, 0.29) is 11.8 Å². The van der Waals surface area contributed by atoms with Gasteiger partial charge in [-0.25, -0.2) is 8.42 Å². The van der Waals surface area contributed by atoms with Crippen LogP contribution in [0.1, 0.15) is 12.0 Å². The molecule has 1 unspecified atom stereocenters. The summed E-state index contributed by atoms with van der Waals surface area (Å²) in [5.74, 6) is 0.586. The number of benzene rings is 1. The second-order valence-electron chi connectivity index (χ2n) is 4.67. The molecule has 0 spiro atoms. The third-order valence-corrected chi connectivity index (χ3v) is 5.06. The van der Waals surface area contributed by atoms with Gasteiger partial charge in [-0.1, -0.05) is 18.2 Å². The summed E-state index contributed by atoms with van der Waals surface area (Å²) in [5.41, 5.74) is 7.69. The first-order chi connectivity index (χ1) is 7.98. The fourth-order valence-corrected chi connectivity index (χ4v) is 4.00. The van der Waals surface area contributed by atoms with Crippen molar-refractivity contribution in [2.24, 2.45) is 0 Å². The summed E-state index contributed by atoms with van der Waals surface area (Å²) in [4.78, 5) is 2.08. The van der Waals surface area contributed by atoms with Crippen LogP contribution in [0.4, 0.5) is 5.69 Å². The summed E-state index contributed by atoms with van der Waals surface area (Å²) in [5, 5.41) is 0. The van der Waals surface area contributed by atoms with Crippen molar-refractivity contribution in [3.05, 3.63) is 29.8 Å². The predicted molar refractivity (Wildman–Crippen MR) is 69.4 cm³/mol. The summed E-state index contributed by atoms with van der Waals surface area (Å²) < 4.78 is 22.8. The zero-order chi connectivity index (χ0) is 12.5. The summed E-state index contributed by atoms with van der Waals surface area (Å²) in [6, 6.07) is 7.83. The molecule has 0 aromatic heterocycles. The standard InChI is InChI=1S/C12H18N2O2S/c1-14(11-6-7-17(15,16)9-11)8-10-4-2-3-5-12(10)13/h2-5,11H,6-9,13H2,1H3. The van der Waals surface area contributed by atoms with E-state index >= 15 is 0 Å². The van der Waals surface area contributed by atoms with Crippen molar-refractivity contribution in [2.45, 2.75) is 19.0 Å². The van der Waals surface area contributed by atoms with Crippen LogP contribution in [-0.4, -0.2) is 37.9 Å². The molecule has 5 heteroatoms. The number of para-hydroxylation sites is 1. The van der Waals surface area contributed by atoms with Crippen LogP contribution in [0.3, 0.4) is 0 Å². The molecule has 4 nitrogen and oxygen atoms in total. The van der Waals surface area contributed by atoms with Gasteiger partial charge in [-0.05, 0) is 25.1 Å². The van der Waals surface area contributed by atoms with Crippen molar-refractivity contribution in [2.75, 3.05) is 24.3 Å². The number of nitrogens with two attached hydrogens (primary N) is 1. The van der Waals surface area contributed by atoms with Crippen LogP contribution in [0, 0.1) is 0 Å². The molecule has 0 radical (unpaired) electrons. The maximum absolute atomic E-state index is 11.4. The maximum Gasteiger partial charge on any atom is 0.151 e. The SMILES string of the molecule is CN(Cc1ccccc1N)C1CCS(=O)(=O)C1. The average Bonchev–Trinajstić information content (AvgIpc) is 2.62. The van der Waals surface area contributed by atoms with E-state index in [0.29, 0.717) is 12.3 Å². The van der Waals surface area contributed by atoms with E-state index < -0.39 is 9.84 Å². The molecule has 1 aliphatic heterocycles. The van der Waals surface area contributed by atoms with Crippen molar-refractivity contribution in [1.29, 1.82) is 0 Å². The van der Waals surface area contributed by atoms with Crippen LogP contribution in [-0.2, 0) is 16.4 Å². The molecular formula is C12H18N2O2S. The molecule has 0 amide bonds. The largest absolute Gasteiger partial charge is 0.398 e. The molecule has 1 heterocycles. The second kappa shape index (κ2) is 4.66.